The van der Waals surface area contributed by atoms with Crippen molar-refractivity contribution in [2.24, 2.45) is 5.92 Å². The second-order valence-corrected chi connectivity index (χ2v) is 9.98. The largest absolute Gasteiger partial charge is 0.371 e. The zero-order valence-corrected chi connectivity index (χ0v) is 21.8. The highest BCUT2D eigenvalue weighted by Gasteiger charge is 2.24. The molecule has 2 N–H and O–H groups in total. The molecule has 0 bridgehead atoms. The van der Waals surface area contributed by atoms with Gasteiger partial charge in [0.1, 0.15) is 5.82 Å². The van der Waals surface area contributed by atoms with Crippen molar-refractivity contribution in [3.8, 4) is 0 Å². The highest BCUT2D eigenvalue weighted by Crippen LogP contribution is 2.30. The van der Waals surface area contributed by atoms with E-state index in [4.69, 9.17) is 0 Å². The Hall–Kier alpha value is -4.45. The molecule has 2 amide bonds. The van der Waals surface area contributed by atoms with Gasteiger partial charge in [0.25, 0.3) is 11.8 Å². The van der Waals surface area contributed by atoms with Crippen LogP contribution in [0, 0.1) is 11.7 Å². The molecule has 1 heterocycles. The number of amides is 2. The molecule has 1 aliphatic rings. The number of carbonyl (C=O) groups excluding carboxylic acids is 2. The van der Waals surface area contributed by atoms with Crippen LogP contribution in [0.2, 0.25) is 0 Å². The van der Waals surface area contributed by atoms with Gasteiger partial charge < -0.3 is 15.5 Å². The maximum absolute atomic E-state index is 13.4. The molecule has 4 aromatic carbocycles. The molecule has 0 aromatic heterocycles. The van der Waals surface area contributed by atoms with Gasteiger partial charge in [-0.25, -0.2) is 4.39 Å². The van der Waals surface area contributed by atoms with Gasteiger partial charge in [-0.15, -0.1) is 0 Å². The van der Waals surface area contributed by atoms with Gasteiger partial charge in [-0.3, -0.25) is 9.59 Å². The van der Waals surface area contributed by atoms with Crippen LogP contribution in [0.5, 0.6) is 0 Å². The summed E-state index contributed by atoms with van der Waals surface area (Å²) in [4.78, 5) is 28.5. The maximum Gasteiger partial charge on any atom is 0.255 e. The van der Waals surface area contributed by atoms with Gasteiger partial charge in [-0.1, -0.05) is 60.7 Å². The number of carbonyl (C=O) groups is 2. The summed E-state index contributed by atoms with van der Waals surface area (Å²) in [5.41, 5.74) is 4.62. The molecule has 1 fully saturated rings. The zero-order valence-electron chi connectivity index (χ0n) is 21.8. The van der Waals surface area contributed by atoms with Crippen molar-refractivity contribution in [2.75, 3.05) is 23.3 Å². The normalized spacial score (nSPS) is 13.6. The van der Waals surface area contributed by atoms with Crippen LogP contribution in [0.15, 0.2) is 103 Å². The summed E-state index contributed by atoms with van der Waals surface area (Å²) in [5.74, 6) is -0.187. The van der Waals surface area contributed by atoms with E-state index < -0.39 is 0 Å². The molecule has 0 saturated carbocycles. The van der Waals surface area contributed by atoms with Crippen LogP contribution in [0.4, 0.5) is 15.8 Å². The second kappa shape index (κ2) is 12.4. The number of hydrogen-bond acceptors (Lipinski definition) is 3. The van der Waals surface area contributed by atoms with Gasteiger partial charge in [-0.2, -0.15) is 0 Å². The molecule has 5 nitrogen and oxygen atoms in total. The number of halogens is 1. The molecule has 39 heavy (non-hydrogen) atoms. The third-order valence-electron chi connectivity index (χ3n) is 7.22. The van der Waals surface area contributed by atoms with Crippen molar-refractivity contribution in [3.63, 3.8) is 0 Å². The third-order valence-corrected chi connectivity index (χ3v) is 7.22. The first-order valence-corrected chi connectivity index (χ1v) is 13.4. The maximum atomic E-state index is 13.4. The minimum Gasteiger partial charge on any atom is -0.371 e. The van der Waals surface area contributed by atoms with Gasteiger partial charge in [0.2, 0.25) is 0 Å². The van der Waals surface area contributed by atoms with Crippen molar-refractivity contribution in [1.29, 1.82) is 0 Å². The van der Waals surface area contributed by atoms with Crippen molar-refractivity contribution in [3.05, 3.63) is 131 Å². The van der Waals surface area contributed by atoms with E-state index in [2.05, 4.69) is 39.8 Å². The number of rotatable bonds is 8. The first-order chi connectivity index (χ1) is 19.0. The van der Waals surface area contributed by atoms with Gasteiger partial charge in [0.05, 0.1) is 5.56 Å². The van der Waals surface area contributed by atoms with Crippen LogP contribution in [0.3, 0.4) is 0 Å². The van der Waals surface area contributed by atoms with Gasteiger partial charge >= 0.3 is 0 Å². The lowest BCUT2D eigenvalue weighted by atomic mass is 9.89. The van der Waals surface area contributed by atoms with Crippen LogP contribution in [0.1, 0.15) is 44.7 Å². The number of piperidine rings is 1. The Bertz CT molecular complexity index is 1400. The molecule has 5 rings (SSSR count). The van der Waals surface area contributed by atoms with Crippen molar-refractivity contribution in [1.82, 2.24) is 5.32 Å². The van der Waals surface area contributed by atoms with Crippen molar-refractivity contribution in [2.45, 2.75) is 25.8 Å². The SMILES string of the molecule is O=C(Nc1ccc(N2CCC(Cc3ccccc3)CC2)c(C(=O)NCc2ccc(F)cc2)c1)c1ccccc1. The predicted octanol–water partition coefficient (Wildman–Crippen LogP) is 6.47. The lowest BCUT2D eigenvalue weighted by molar-refractivity contribution is 0.0950. The number of benzene rings is 4. The molecule has 0 radical (unpaired) electrons. The smallest absolute Gasteiger partial charge is 0.255 e. The fraction of sp³-hybridized carbons (Fsp3) is 0.212. The predicted molar refractivity (Wildman–Crippen MR) is 153 cm³/mol. The van der Waals surface area contributed by atoms with Crippen LogP contribution in [-0.4, -0.2) is 24.9 Å². The fourth-order valence-corrected chi connectivity index (χ4v) is 5.07. The molecular weight excluding hydrogens is 489 g/mol. The first kappa shape index (κ1) is 26.2. The molecule has 6 heteroatoms. The third kappa shape index (κ3) is 6.90. The second-order valence-electron chi connectivity index (χ2n) is 9.98. The molecule has 0 unspecified atom stereocenters. The Labute approximate surface area is 228 Å². The minimum absolute atomic E-state index is 0.234. The molecular formula is C33H32FN3O2. The molecule has 0 spiro atoms. The van der Waals surface area contributed by atoms with Gasteiger partial charge in [0, 0.05) is 36.6 Å². The Morgan fingerprint density at radius 2 is 1.44 bits per heavy atom. The average molecular weight is 522 g/mol. The van der Waals surface area contributed by atoms with Crippen LogP contribution < -0.4 is 15.5 Å². The summed E-state index contributed by atoms with van der Waals surface area (Å²) in [6, 6.07) is 31.1. The Morgan fingerprint density at radius 3 is 2.13 bits per heavy atom. The van der Waals surface area contributed by atoms with E-state index >= 15 is 0 Å². The number of nitrogens with zero attached hydrogens (tertiary/aromatic N) is 1. The molecule has 0 atom stereocenters. The summed E-state index contributed by atoms with van der Waals surface area (Å²) in [6.07, 6.45) is 3.14. The van der Waals surface area contributed by atoms with E-state index in [9.17, 15) is 14.0 Å². The summed E-state index contributed by atoms with van der Waals surface area (Å²) in [5, 5.41) is 5.89. The van der Waals surface area contributed by atoms with Crippen LogP contribution >= 0.6 is 0 Å². The number of nitrogens with one attached hydrogen (secondary N) is 2. The van der Waals surface area contributed by atoms with E-state index in [1.807, 2.05) is 36.4 Å². The summed E-state index contributed by atoms with van der Waals surface area (Å²) in [7, 11) is 0. The zero-order chi connectivity index (χ0) is 27.0. The Morgan fingerprint density at radius 1 is 0.769 bits per heavy atom. The van der Waals surface area contributed by atoms with E-state index in [1.165, 1.54) is 17.7 Å². The average Bonchev–Trinajstić information content (AvgIpc) is 2.98. The molecule has 198 valence electrons. The van der Waals surface area contributed by atoms with E-state index in [0.717, 1.165) is 43.6 Å². The van der Waals surface area contributed by atoms with E-state index in [-0.39, 0.29) is 24.2 Å². The number of hydrogen-bond donors (Lipinski definition) is 2. The Kier molecular flexibility index (Phi) is 8.32. The monoisotopic (exact) mass is 521 g/mol. The molecule has 1 aliphatic heterocycles. The van der Waals surface area contributed by atoms with E-state index in [1.54, 1.807) is 30.3 Å². The first-order valence-electron chi connectivity index (χ1n) is 13.4. The molecule has 0 aliphatic carbocycles. The summed E-state index contributed by atoms with van der Waals surface area (Å²) >= 11 is 0. The standard InChI is InChI=1S/C33H32FN3O2/c34-28-13-11-26(12-14-28)23-35-33(39)30-22-29(36-32(38)27-9-5-2-6-10-27)15-16-31(30)37-19-17-25(18-20-37)21-24-7-3-1-4-8-24/h1-16,22,25H,17-21,23H2,(H,35,39)(H,36,38). The highest BCUT2D eigenvalue weighted by molar-refractivity contribution is 6.06. The van der Waals surface area contributed by atoms with Gasteiger partial charge in [0.15, 0.2) is 0 Å². The topological polar surface area (TPSA) is 61.4 Å². The summed E-state index contributed by atoms with van der Waals surface area (Å²) in [6.45, 7) is 1.98. The summed E-state index contributed by atoms with van der Waals surface area (Å²) < 4.78 is 13.3. The highest BCUT2D eigenvalue weighted by atomic mass is 19.1. The van der Waals surface area contributed by atoms with Crippen LogP contribution in [-0.2, 0) is 13.0 Å². The quantitative estimate of drug-likeness (QED) is 0.280. The van der Waals surface area contributed by atoms with Crippen LogP contribution in [0.25, 0.3) is 0 Å². The molecule has 1 saturated heterocycles. The number of anilines is 2. The lowest BCUT2D eigenvalue weighted by Crippen LogP contribution is -2.36. The lowest BCUT2D eigenvalue weighted by Gasteiger charge is -2.35. The van der Waals surface area contributed by atoms with Crippen molar-refractivity contribution < 1.29 is 14.0 Å². The van der Waals surface area contributed by atoms with E-state index in [0.29, 0.717) is 22.7 Å². The van der Waals surface area contributed by atoms with Crippen molar-refractivity contribution >= 4 is 23.2 Å². The Balaban J connectivity index is 1.32. The molecule has 4 aromatic rings. The fourth-order valence-electron chi connectivity index (χ4n) is 5.07. The minimum atomic E-state index is -0.315. The van der Waals surface area contributed by atoms with Gasteiger partial charge in [-0.05, 0) is 78.8 Å².